The SMILES string of the molecule is CCC(C)C(N)C(=O)NC(C(=O)NC(CCC(=O)O)C(=O)NC(CCCCN)C(=O)O)C(C)O. The Kier molecular flexibility index (Phi) is 14.7. The first-order chi connectivity index (χ1) is 15.8. The number of amides is 3. The van der Waals surface area contributed by atoms with Crippen molar-refractivity contribution in [2.45, 2.75) is 89.6 Å². The van der Waals surface area contributed by atoms with Crippen LogP contribution in [0.2, 0.25) is 0 Å². The zero-order valence-electron chi connectivity index (χ0n) is 20.0. The van der Waals surface area contributed by atoms with Crippen LogP contribution in [0.25, 0.3) is 0 Å². The van der Waals surface area contributed by atoms with E-state index in [4.69, 9.17) is 16.6 Å². The molecule has 0 fully saturated rings. The Hall–Kier alpha value is -2.77. The zero-order chi connectivity index (χ0) is 26.4. The van der Waals surface area contributed by atoms with Gasteiger partial charge in [0.2, 0.25) is 17.7 Å². The molecular weight excluding hydrogens is 450 g/mol. The predicted octanol–water partition coefficient (Wildman–Crippen LogP) is -1.73. The highest BCUT2D eigenvalue weighted by Crippen LogP contribution is 2.08. The van der Waals surface area contributed by atoms with Crippen LogP contribution < -0.4 is 27.4 Å². The molecule has 6 unspecified atom stereocenters. The van der Waals surface area contributed by atoms with Crippen molar-refractivity contribution in [3.05, 3.63) is 0 Å². The average molecular weight is 490 g/mol. The molecule has 0 heterocycles. The number of aliphatic carboxylic acids is 2. The molecule has 196 valence electrons. The van der Waals surface area contributed by atoms with Gasteiger partial charge in [-0.15, -0.1) is 0 Å². The summed E-state index contributed by atoms with van der Waals surface area (Å²) >= 11 is 0. The molecule has 0 aromatic heterocycles. The van der Waals surface area contributed by atoms with E-state index in [-0.39, 0.29) is 18.8 Å². The summed E-state index contributed by atoms with van der Waals surface area (Å²) in [5.74, 6) is -5.24. The van der Waals surface area contributed by atoms with Gasteiger partial charge in [0.25, 0.3) is 0 Å². The first-order valence-electron chi connectivity index (χ1n) is 11.3. The van der Waals surface area contributed by atoms with Crippen LogP contribution in [0.1, 0.15) is 59.3 Å². The minimum atomic E-state index is -1.47. The Bertz CT molecular complexity index is 703. The van der Waals surface area contributed by atoms with Crippen LogP contribution in [-0.4, -0.2) is 81.8 Å². The van der Waals surface area contributed by atoms with Crippen molar-refractivity contribution >= 4 is 29.7 Å². The number of rotatable bonds is 17. The molecule has 0 aliphatic heterocycles. The molecular formula is C21H39N5O8. The fourth-order valence-corrected chi connectivity index (χ4v) is 2.99. The summed E-state index contributed by atoms with van der Waals surface area (Å²) in [6, 6.07) is -5.08. The summed E-state index contributed by atoms with van der Waals surface area (Å²) in [6.45, 7) is 5.19. The molecule has 0 bridgehead atoms. The third-order valence-corrected chi connectivity index (χ3v) is 5.46. The second kappa shape index (κ2) is 16.0. The molecule has 0 spiro atoms. The summed E-state index contributed by atoms with van der Waals surface area (Å²) in [4.78, 5) is 60.4. The lowest BCUT2D eigenvalue weighted by molar-refractivity contribution is -0.143. The van der Waals surface area contributed by atoms with Crippen LogP contribution in [0.15, 0.2) is 0 Å². The Morgan fingerprint density at radius 2 is 1.44 bits per heavy atom. The standard InChI is InChI=1S/C21H39N5O8/c1-4-11(2)16(23)19(31)26-17(12(3)27)20(32)24-13(8-9-15(28)29)18(30)25-14(21(33)34)7-5-6-10-22/h11-14,16-17,27H,4-10,22-23H2,1-3H3,(H,24,32)(H,25,30)(H,26,31)(H,28,29)(H,33,34). The number of nitrogens with one attached hydrogen (secondary N) is 3. The van der Waals surface area contributed by atoms with Gasteiger partial charge in [0.05, 0.1) is 12.1 Å². The van der Waals surface area contributed by atoms with Crippen LogP contribution in [0.4, 0.5) is 0 Å². The maximum absolute atomic E-state index is 12.8. The van der Waals surface area contributed by atoms with E-state index >= 15 is 0 Å². The van der Waals surface area contributed by atoms with E-state index in [1.54, 1.807) is 6.92 Å². The van der Waals surface area contributed by atoms with Gasteiger partial charge in [-0.3, -0.25) is 19.2 Å². The molecule has 0 saturated heterocycles. The lowest BCUT2D eigenvalue weighted by atomic mass is 9.98. The summed E-state index contributed by atoms with van der Waals surface area (Å²) < 4.78 is 0. The number of carboxylic acids is 2. The van der Waals surface area contributed by atoms with Gasteiger partial charge in [-0.25, -0.2) is 4.79 Å². The van der Waals surface area contributed by atoms with E-state index < -0.39 is 66.4 Å². The molecule has 0 aromatic rings. The maximum atomic E-state index is 12.8. The van der Waals surface area contributed by atoms with Crippen LogP contribution in [0, 0.1) is 5.92 Å². The van der Waals surface area contributed by atoms with Crippen LogP contribution in [0.5, 0.6) is 0 Å². The third kappa shape index (κ3) is 11.4. The summed E-state index contributed by atoms with van der Waals surface area (Å²) in [6.07, 6.45) is -0.507. The van der Waals surface area contributed by atoms with Gasteiger partial charge in [0.1, 0.15) is 18.1 Å². The average Bonchev–Trinajstić information content (AvgIpc) is 2.77. The molecule has 13 nitrogen and oxygen atoms in total. The number of carbonyl (C=O) groups is 5. The van der Waals surface area contributed by atoms with E-state index in [1.165, 1.54) is 6.92 Å². The highest BCUT2D eigenvalue weighted by molar-refractivity contribution is 5.94. The van der Waals surface area contributed by atoms with E-state index in [0.29, 0.717) is 25.8 Å². The summed E-state index contributed by atoms with van der Waals surface area (Å²) in [7, 11) is 0. The van der Waals surface area contributed by atoms with Crippen LogP contribution in [-0.2, 0) is 24.0 Å². The molecule has 6 atom stereocenters. The largest absolute Gasteiger partial charge is 0.481 e. The zero-order valence-corrected chi connectivity index (χ0v) is 20.0. The lowest BCUT2D eigenvalue weighted by Crippen LogP contribution is -2.60. The summed E-state index contributed by atoms with van der Waals surface area (Å²) in [5.41, 5.74) is 11.3. The second-order valence-electron chi connectivity index (χ2n) is 8.32. The molecule has 0 saturated carbocycles. The minimum absolute atomic E-state index is 0.0950. The van der Waals surface area contributed by atoms with Crippen molar-refractivity contribution in [2.24, 2.45) is 17.4 Å². The van der Waals surface area contributed by atoms with Gasteiger partial charge in [-0.2, -0.15) is 0 Å². The van der Waals surface area contributed by atoms with Crippen molar-refractivity contribution in [3.8, 4) is 0 Å². The Morgan fingerprint density at radius 1 is 0.853 bits per heavy atom. The van der Waals surface area contributed by atoms with Crippen molar-refractivity contribution < 1.29 is 39.3 Å². The predicted molar refractivity (Wildman–Crippen MR) is 122 cm³/mol. The van der Waals surface area contributed by atoms with Crippen LogP contribution >= 0.6 is 0 Å². The third-order valence-electron chi connectivity index (χ3n) is 5.46. The van der Waals surface area contributed by atoms with Gasteiger partial charge in [-0.1, -0.05) is 20.3 Å². The number of carbonyl (C=O) groups excluding carboxylic acids is 3. The number of aliphatic hydroxyl groups excluding tert-OH is 1. The Balaban J connectivity index is 5.49. The van der Waals surface area contributed by atoms with E-state index in [1.807, 2.05) is 6.92 Å². The van der Waals surface area contributed by atoms with Gasteiger partial charge in [0.15, 0.2) is 0 Å². The van der Waals surface area contributed by atoms with Crippen LogP contribution in [0.3, 0.4) is 0 Å². The van der Waals surface area contributed by atoms with Gasteiger partial charge in [0, 0.05) is 6.42 Å². The highest BCUT2D eigenvalue weighted by Gasteiger charge is 2.33. The molecule has 3 amide bonds. The number of nitrogens with two attached hydrogens (primary N) is 2. The van der Waals surface area contributed by atoms with E-state index in [9.17, 15) is 34.2 Å². The summed E-state index contributed by atoms with van der Waals surface area (Å²) in [5, 5.41) is 35.3. The topological polar surface area (TPSA) is 234 Å². The van der Waals surface area contributed by atoms with Crippen molar-refractivity contribution in [1.29, 1.82) is 0 Å². The smallest absolute Gasteiger partial charge is 0.326 e. The van der Waals surface area contributed by atoms with Gasteiger partial charge >= 0.3 is 11.9 Å². The van der Waals surface area contributed by atoms with E-state index in [0.717, 1.165) is 0 Å². The quantitative estimate of drug-likeness (QED) is 0.107. The normalized spacial score (nSPS) is 16.3. The molecule has 0 aliphatic rings. The number of aliphatic hydroxyl groups is 1. The van der Waals surface area contributed by atoms with Crippen molar-refractivity contribution in [3.63, 3.8) is 0 Å². The number of hydrogen-bond acceptors (Lipinski definition) is 8. The maximum Gasteiger partial charge on any atom is 0.326 e. The molecule has 0 radical (unpaired) electrons. The van der Waals surface area contributed by atoms with Gasteiger partial charge < -0.3 is 42.7 Å². The molecule has 13 heteroatoms. The molecule has 0 aromatic carbocycles. The van der Waals surface area contributed by atoms with E-state index in [2.05, 4.69) is 16.0 Å². The molecule has 10 N–H and O–H groups in total. The first kappa shape index (κ1) is 31.2. The molecule has 0 rings (SSSR count). The lowest BCUT2D eigenvalue weighted by Gasteiger charge is -2.27. The minimum Gasteiger partial charge on any atom is -0.481 e. The fraction of sp³-hybridized carbons (Fsp3) is 0.762. The molecule has 34 heavy (non-hydrogen) atoms. The molecule has 0 aliphatic carbocycles. The Labute approximate surface area is 199 Å². The van der Waals surface area contributed by atoms with Crippen molar-refractivity contribution in [1.82, 2.24) is 16.0 Å². The Morgan fingerprint density at radius 3 is 1.91 bits per heavy atom. The van der Waals surface area contributed by atoms with Crippen molar-refractivity contribution in [2.75, 3.05) is 6.54 Å². The first-order valence-corrected chi connectivity index (χ1v) is 11.3. The second-order valence-corrected chi connectivity index (χ2v) is 8.32. The number of unbranched alkanes of at least 4 members (excludes halogenated alkanes) is 1. The monoisotopic (exact) mass is 489 g/mol. The fourth-order valence-electron chi connectivity index (χ4n) is 2.99. The number of hydrogen-bond donors (Lipinski definition) is 8. The van der Waals surface area contributed by atoms with Gasteiger partial charge in [-0.05, 0) is 45.1 Å². The number of carboxylic acid groups (broad SMARTS) is 2. The highest BCUT2D eigenvalue weighted by atomic mass is 16.4.